The Bertz CT molecular complexity index is 1210. The summed E-state index contributed by atoms with van der Waals surface area (Å²) >= 11 is 1.72. The van der Waals surface area contributed by atoms with Gasteiger partial charge in [-0.25, -0.2) is 9.50 Å². The Morgan fingerprint density at radius 1 is 1.06 bits per heavy atom. The third-order valence-electron chi connectivity index (χ3n) is 5.33. The molecule has 0 amide bonds. The molecule has 0 spiro atoms. The molecule has 7 heteroatoms. The maximum atomic E-state index is 12.6. The fourth-order valence-corrected chi connectivity index (χ4v) is 4.53. The maximum absolute atomic E-state index is 12.6. The van der Waals surface area contributed by atoms with E-state index in [4.69, 9.17) is 14.5 Å². The molecule has 2 aromatic carbocycles. The molecular formula is C24H23N3O3S. The van der Waals surface area contributed by atoms with Crippen LogP contribution < -0.4 is 5.56 Å². The van der Waals surface area contributed by atoms with Crippen LogP contribution in [0.3, 0.4) is 0 Å². The molecule has 2 aromatic heterocycles. The highest BCUT2D eigenvalue weighted by atomic mass is 32.2. The van der Waals surface area contributed by atoms with Gasteiger partial charge in [-0.15, -0.1) is 0 Å². The smallest absolute Gasteiger partial charge is 0.272 e. The van der Waals surface area contributed by atoms with Gasteiger partial charge in [0.25, 0.3) is 5.56 Å². The van der Waals surface area contributed by atoms with E-state index >= 15 is 0 Å². The van der Waals surface area contributed by atoms with E-state index in [1.54, 1.807) is 11.8 Å². The summed E-state index contributed by atoms with van der Waals surface area (Å²) in [7, 11) is 0. The lowest BCUT2D eigenvalue weighted by atomic mass is 10.1. The number of hydrogen-bond donors (Lipinski definition) is 1. The maximum Gasteiger partial charge on any atom is 0.272 e. The zero-order chi connectivity index (χ0) is 21.0. The van der Waals surface area contributed by atoms with Crippen molar-refractivity contribution < 1.29 is 9.47 Å². The summed E-state index contributed by atoms with van der Waals surface area (Å²) in [6.07, 6.45) is 3.74. The minimum absolute atomic E-state index is 0.141. The van der Waals surface area contributed by atoms with E-state index in [0.29, 0.717) is 17.9 Å². The van der Waals surface area contributed by atoms with Crippen LogP contribution in [0, 0.1) is 0 Å². The van der Waals surface area contributed by atoms with Crippen LogP contribution in [0.5, 0.6) is 0 Å². The molecule has 0 unspecified atom stereocenters. The lowest BCUT2D eigenvalue weighted by molar-refractivity contribution is -0.0399. The molecule has 0 atom stereocenters. The Hall–Kier alpha value is -2.87. The standard InChI is InChI=1S/C24H23N3O3S/c28-23-14-18(16-30-19-10-12-29-13-11-19)26-24-22(15-25-27(23)24)17-6-8-21(9-7-17)31-20-4-2-1-3-5-20/h1-9,14-15,19,25H,10-13,16H2. The molecule has 1 fully saturated rings. The van der Waals surface area contributed by atoms with Crippen molar-refractivity contribution >= 4 is 17.4 Å². The molecule has 0 saturated carbocycles. The summed E-state index contributed by atoms with van der Waals surface area (Å²) in [5.41, 5.74) is 3.01. The van der Waals surface area contributed by atoms with Crippen LogP contribution in [0.25, 0.3) is 16.8 Å². The minimum Gasteiger partial charge on any atom is -0.381 e. The molecule has 0 bridgehead atoms. The summed E-state index contributed by atoms with van der Waals surface area (Å²) in [5.74, 6) is 0. The second-order valence-corrected chi connectivity index (χ2v) is 8.64. The SMILES string of the molecule is O=c1cc(COC2CCOCC2)nc2c(-c3ccc(Sc4ccccc4)cc3)c[nH]n12. The van der Waals surface area contributed by atoms with Crippen LogP contribution in [0.4, 0.5) is 0 Å². The van der Waals surface area contributed by atoms with Gasteiger partial charge in [0.05, 0.1) is 18.4 Å². The van der Waals surface area contributed by atoms with Gasteiger partial charge in [0.15, 0.2) is 5.65 Å². The van der Waals surface area contributed by atoms with E-state index in [-0.39, 0.29) is 11.7 Å². The van der Waals surface area contributed by atoms with Crippen LogP contribution in [-0.4, -0.2) is 33.9 Å². The van der Waals surface area contributed by atoms with Gasteiger partial charge in [0, 0.05) is 40.8 Å². The van der Waals surface area contributed by atoms with Crippen LogP contribution >= 0.6 is 11.8 Å². The van der Waals surface area contributed by atoms with Crippen LogP contribution in [0.15, 0.2) is 81.4 Å². The highest BCUT2D eigenvalue weighted by Gasteiger charge is 2.16. The first kappa shape index (κ1) is 20.1. The van der Waals surface area contributed by atoms with Gasteiger partial charge in [-0.2, -0.15) is 0 Å². The molecule has 1 saturated heterocycles. The first-order chi connectivity index (χ1) is 15.3. The highest BCUT2D eigenvalue weighted by molar-refractivity contribution is 7.99. The second-order valence-electron chi connectivity index (χ2n) is 7.49. The average Bonchev–Trinajstić information content (AvgIpc) is 3.24. The van der Waals surface area contributed by atoms with Gasteiger partial charge in [0.1, 0.15) is 0 Å². The van der Waals surface area contributed by atoms with Crippen molar-refractivity contribution in [2.24, 2.45) is 0 Å². The predicted octanol–water partition coefficient (Wildman–Crippen LogP) is 4.54. The molecule has 1 N–H and O–H groups in total. The quantitative estimate of drug-likeness (QED) is 0.484. The van der Waals surface area contributed by atoms with E-state index < -0.39 is 0 Å². The third kappa shape index (κ3) is 4.58. The van der Waals surface area contributed by atoms with Gasteiger partial charge < -0.3 is 9.47 Å². The van der Waals surface area contributed by atoms with Gasteiger partial charge in [-0.1, -0.05) is 42.1 Å². The number of fused-ring (bicyclic) bond motifs is 1. The number of nitrogens with one attached hydrogen (secondary N) is 1. The summed E-state index contributed by atoms with van der Waals surface area (Å²) in [4.78, 5) is 19.6. The molecule has 1 aliphatic rings. The third-order valence-corrected chi connectivity index (χ3v) is 6.35. The molecule has 3 heterocycles. The number of nitrogens with zero attached hydrogens (tertiary/aromatic N) is 2. The van der Waals surface area contributed by atoms with Crippen LogP contribution in [-0.2, 0) is 16.1 Å². The van der Waals surface area contributed by atoms with E-state index in [0.717, 1.165) is 42.1 Å². The van der Waals surface area contributed by atoms with Crippen LogP contribution in [0.1, 0.15) is 18.5 Å². The van der Waals surface area contributed by atoms with E-state index in [1.807, 2.05) is 24.4 Å². The highest BCUT2D eigenvalue weighted by Crippen LogP contribution is 2.30. The monoisotopic (exact) mass is 433 g/mol. The van der Waals surface area contributed by atoms with Crippen molar-refractivity contribution in [2.75, 3.05) is 13.2 Å². The predicted molar refractivity (Wildman–Crippen MR) is 120 cm³/mol. The van der Waals surface area contributed by atoms with E-state index in [1.165, 1.54) is 15.5 Å². The van der Waals surface area contributed by atoms with E-state index in [2.05, 4.69) is 41.5 Å². The molecular weight excluding hydrogens is 410 g/mol. The number of aromatic nitrogens is 3. The lowest BCUT2D eigenvalue weighted by Crippen LogP contribution is -2.24. The van der Waals surface area contributed by atoms with Gasteiger partial charge in [0.2, 0.25) is 0 Å². The fraction of sp³-hybridized carbons (Fsp3) is 0.250. The fourth-order valence-electron chi connectivity index (χ4n) is 3.69. The lowest BCUT2D eigenvalue weighted by Gasteiger charge is -2.22. The molecule has 1 aliphatic heterocycles. The number of rotatable bonds is 6. The number of ether oxygens (including phenoxy) is 2. The molecule has 5 rings (SSSR count). The number of H-pyrrole nitrogens is 1. The first-order valence-corrected chi connectivity index (χ1v) is 11.2. The summed E-state index contributed by atoms with van der Waals surface area (Å²) in [5, 5.41) is 3.02. The zero-order valence-corrected chi connectivity index (χ0v) is 17.8. The Balaban J connectivity index is 1.38. The average molecular weight is 434 g/mol. The molecule has 4 aromatic rings. The summed E-state index contributed by atoms with van der Waals surface area (Å²) in [6.45, 7) is 1.77. The van der Waals surface area contributed by atoms with Crippen molar-refractivity contribution in [3.8, 4) is 11.1 Å². The second kappa shape index (κ2) is 9.09. The zero-order valence-electron chi connectivity index (χ0n) is 17.0. The Labute approximate surface area is 184 Å². The van der Waals surface area contributed by atoms with E-state index in [9.17, 15) is 4.79 Å². The van der Waals surface area contributed by atoms with Crippen molar-refractivity contribution in [2.45, 2.75) is 35.3 Å². The Kier molecular flexibility index (Phi) is 5.88. The number of benzene rings is 2. The molecule has 158 valence electrons. The van der Waals surface area contributed by atoms with Crippen molar-refractivity contribution in [3.63, 3.8) is 0 Å². The normalized spacial score (nSPS) is 14.8. The van der Waals surface area contributed by atoms with Crippen molar-refractivity contribution in [3.05, 3.63) is 82.9 Å². The Morgan fingerprint density at radius 2 is 1.81 bits per heavy atom. The van der Waals surface area contributed by atoms with Gasteiger partial charge in [-0.05, 0) is 42.7 Å². The number of hydrogen-bond acceptors (Lipinski definition) is 5. The topological polar surface area (TPSA) is 68.6 Å². The minimum atomic E-state index is -0.141. The van der Waals surface area contributed by atoms with Crippen molar-refractivity contribution in [1.82, 2.24) is 14.6 Å². The Morgan fingerprint density at radius 3 is 2.58 bits per heavy atom. The summed E-state index contributed by atoms with van der Waals surface area (Å²) < 4.78 is 12.8. The first-order valence-electron chi connectivity index (χ1n) is 10.4. The van der Waals surface area contributed by atoms with Crippen molar-refractivity contribution in [1.29, 1.82) is 0 Å². The molecule has 31 heavy (non-hydrogen) atoms. The molecule has 6 nitrogen and oxygen atoms in total. The number of aromatic amines is 1. The molecule has 0 radical (unpaired) electrons. The van der Waals surface area contributed by atoms with Crippen LogP contribution in [0.2, 0.25) is 0 Å². The van der Waals surface area contributed by atoms with Gasteiger partial charge >= 0.3 is 0 Å². The molecule has 0 aliphatic carbocycles. The largest absolute Gasteiger partial charge is 0.381 e. The summed E-state index contributed by atoms with van der Waals surface area (Å²) in [6, 6.07) is 20.1. The van der Waals surface area contributed by atoms with Gasteiger partial charge in [-0.3, -0.25) is 9.89 Å².